The molecule has 0 fully saturated rings. The lowest BCUT2D eigenvalue weighted by Crippen LogP contribution is -2.49. The first-order valence-electron chi connectivity index (χ1n) is 9.89. The molecule has 0 aliphatic heterocycles. The van der Waals surface area contributed by atoms with Crippen LogP contribution in [-0.4, -0.2) is 27.3 Å². The van der Waals surface area contributed by atoms with Crippen LogP contribution in [-0.2, 0) is 4.79 Å². The lowest BCUT2D eigenvalue weighted by atomic mass is 10.0. The maximum atomic E-state index is 13.7. The monoisotopic (exact) mass is 436 g/mol. The molecule has 6 nitrogen and oxygen atoms in total. The number of carbonyl (C=O) groups is 2. The third-order valence-electron chi connectivity index (χ3n) is 4.50. The van der Waals surface area contributed by atoms with Crippen molar-refractivity contribution in [2.24, 2.45) is 0 Å². The standard InChI is InChI=1S/C24H25ClN4O2/c1-16-6-5-7-19(14-16)29(23(31)18-8-9-20(25)27-15-18)21(17-10-12-26-13-11-17)22(30)28-24(2,3)4/h5-15,21H,1-4H3,(H,28,30). The number of carbonyl (C=O) groups excluding carboxylic acids is 2. The van der Waals surface area contributed by atoms with Crippen molar-refractivity contribution in [3.8, 4) is 0 Å². The van der Waals surface area contributed by atoms with E-state index in [1.54, 1.807) is 36.7 Å². The Balaban J connectivity index is 2.18. The minimum absolute atomic E-state index is 0.287. The largest absolute Gasteiger partial charge is 0.349 e. The van der Waals surface area contributed by atoms with Crippen molar-refractivity contribution in [1.82, 2.24) is 15.3 Å². The molecule has 1 aromatic carbocycles. The molecule has 3 aromatic rings. The predicted octanol–water partition coefficient (Wildman–Crippen LogP) is 4.74. The van der Waals surface area contributed by atoms with Gasteiger partial charge in [0, 0.05) is 29.8 Å². The zero-order chi connectivity index (χ0) is 22.6. The first-order chi connectivity index (χ1) is 14.7. The van der Waals surface area contributed by atoms with Crippen molar-refractivity contribution in [2.75, 3.05) is 4.90 Å². The minimum Gasteiger partial charge on any atom is -0.349 e. The number of halogens is 1. The van der Waals surface area contributed by atoms with E-state index in [4.69, 9.17) is 11.6 Å². The van der Waals surface area contributed by atoms with Crippen LogP contribution in [0.5, 0.6) is 0 Å². The van der Waals surface area contributed by atoms with Crippen LogP contribution >= 0.6 is 11.6 Å². The number of anilines is 1. The highest BCUT2D eigenvalue weighted by atomic mass is 35.5. The highest BCUT2D eigenvalue weighted by Crippen LogP contribution is 2.30. The number of nitrogens with one attached hydrogen (secondary N) is 1. The Morgan fingerprint density at radius 1 is 1.06 bits per heavy atom. The predicted molar refractivity (Wildman–Crippen MR) is 122 cm³/mol. The van der Waals surface area contributed by atoms with E-state index in [0.29, 0.717) is 16.8 Å². The van der Waals surface area contributed by atoms with E-state index >= 15 is 0 Å². The number of benzene rings is 1. The van der Waals surface area contributed by atoms with E-state index in [-0.39, 0.29) is 17.0 Å². The summed E-state index contributed by atoms with van der Waals surface area (Å²) in [6.45, 7) is 7.63. The SMILES string of the molecule is Cc1cccc(N(C(=O)c2ccc(Cl)nc2)C(C(=O)NC(C)(C)C)c2ccncc2)c1. The van der Waals surface area contributed by atoms with E-state index in [1.165, 1.54) is 11.1 Å². The molecule has 0 aliphatic rings. The average molecular weight is 437 g/mol. The lowest BCUT2D eigenvalue weighted by Gasteiger charge is -2.34. The second kappa shape index (κ2) is 9.27. The number of amides is 2. The van der Waals surface area contributed by atoms with Crippen LogP contribution in [0.25, 0.3) is 0 Å². The number of nitrogens with zero attached hydrogens (tertiary/aromatic N) is 3. The molecule has 2 amide bonds. The minimum atomic E-state index is -0.910. The van der Waals surface area contributed by atoms with Gasteiger partial charge in [-0.05, 0) is 75.2 Å². The molecule has 7 heteroatoms. The highest BCUT2D eigenvalue weighted by molar-refractivity contribution is 6.29. The van der Waals surface area contributed by atoms with E-state index < -0.39 is 11.6 Å². The molecule has 3 rings (SSSR count). The van der Waals surface area contributed by atoms with Crippen molar-refractivity contribution in [3.63, 3.8) is 0 Å². The number of aryl methyl sites for hydroxylation is 1. The molecule has 1 atom stereocenters. The summed E-state index contributed by atoms with van der Waals surface area (Å²) in [7, 11) is 0. The first kappa shape index (κ1) is 22.4. The van der Waals surface area contributed by atoms with Crippen LogP contribution < -0.4 is 10.2 Å². The third-order valence-corrected chi connectivity index (χ3v) is 4.72. The van der Waals surface area contributed by atoms with Crippen LogP contribution in [0.3, 0.4) is 0 Å². The van der Waals surface area contributed by atoms with Gasteiger partial charge < -0.3 is 5.32 Å². The number of pyridine rings is 2. The molecule has 160 valence electrons. The summed E-state index contributed by atoms with van der Waals surface area (Å²) in [4.78, 5) is 36.8. The molecule has 0 aliphatic carbocycles. The van der Waals surface area contributed by atoms with Crippen molar-refractivity contribution >= 4 is 29.1 Å². The summed E-state index contributed by atoms with van der Waals surface area (Å²) in [6.07, 6.45) is 4.63. The van der Waals surface area contributed by atoms with E-state index in [0.717, 1.165) is 5.56 Å². The first-order valence-corrected chi connectivity index (χ1v) is 10.3. The summed E-state index contributed by atoms with van der Waals surface area (Å²) in [6, 6.07) is 13.2. The molecule has 2 aromatic heterocycles. The van der Waals surface area contributed by atoms with Crippen LogP contribution in [0.1, 0.15) is 48.3 Å². The van der Waals surface area contributed by atoms with Crippen molar-refractivity contribution in [2.45, 2.75) is 39.3 Å². The average Bonchev–Trinajstić information content (AvgIpc) is 2.71. The zero-order valence-electron chi connectivity index (χ0n) is 18.0. The Hall–Kier alpha value is -3.25. The van der Waals surface area contributed by atoms with Crippen LogP contribution in [0, 0.1) is 6.92 Å². The topological polar surface area (TPSA) is 75.2 Å². The maximum absolute atomic E-state index is 13.7. The van der Waals surface area contributed by atoms with Gasteiger partial charge in [0.25, 0.3) is 5.91 Å². The quantitative estimate of drug-likeness (QED) is 0.586. The van der Waals surface area contributed by atoms with Crippen LogP contribution in [0.15, 0.2) is 67.1 Å². The summed E-state index contributed by atoms with van der Waals surface area (Å²) in [5.74, 6) is -0.656. The Bertz CT molecular complexity index is 1060. The fraction of sp³-hybridized carbons (Fsp3) is 0.250. The van der Waals surface area contributed by atoms with Crippen molar-refractivity contribution in [1.29, 1.82) is 0 Å². The molecule has 1 unspecified atom stereocenters. The van der Waals surface area contributed by atoms with Gasteiger partial charge in [-0.15, -0.1) is 0 Å². The number of hydrogen-bond donors (Lipinski definition) is 1. The van der Waals surface area contributed by atoms with E-state index in [1.807, 2.05) is 52.0 Å². The van der Waals surface area contributed by atoms with Gasteiger partial charge in [0.1, 0.15) is 11.2 Å². The number of rotatable bonds is 5. The Labute approximate surface area is 187 Å². The molecule has 0 bridgehead atoms. The Morgan fingerprint density at radius 3 is 2.35 bits per heavy atom. The highest BCUT2D eigenvalue weighted by Gasteiger charge is 2.35. The summed E-state index contributed by atoms with van der Waals surface area (Å²) < 4.78 is 0. The normalized spacial score (nSPS) is 12.2. The molecule has 0 saturated heterocycles. The van der Waals surface area contributed by atoms with Crippen molar-refractivity contribution < 1.29 is 9.59 Å². The second-order valence-corrected chi connectivity index (χ2v) is 8.69. The van der Waals surface area contributed by atoms with Gasteiger partial charge in [0.2, 0.25) is 5.91 Å². The summed E-state index contributed by atoms with van der Waals surface area (Å²) >= 11 is 5.91. The maximum Gasteiger partial charge on any atom is 0.260 e. The molecule has 1 N–H and O–H groups in total. The molecule has 0 spiro atoms. The van der Waals surface area contributed by atoms with Gasteiger partial charge in [0.15, 0.2) is 0 Å². The summed E-state index contributed by atoms with van der Waals surface area (Å²) in [5.41, 5.74) is 2.06. The molecular formula is C24H25ClN4O2. The Kier molecular flexibility index (Phi) is 6.71. The molecule has 0 saturated carbocycles. The molecule has 31 heavy (non-hydrogen) atoms. The fourth-order valence-electron chi connectivity index (χ4n) is 3.20. The molecule has 0 radical (unpaired) electrons. The lowest BCUT2D eigenvalue weighted by molar-refractivity contribution is -0.123. The van der Waals surface area contributed by atoms with Gasteiger partial charge in [-0.1, -0.05) is 23.7 Å². The smallest absolute Gasteiger partial charge is 0.260 e. The van der Waals surface area contributed by atoms with Gasteiger partial charge >= 0.3 is 0 Å². The van der Waals surface area contributed by atoms with E-state index in [9.17, 15) is 9.59 Å². The summed E-state index contributed by atoms with van der Waals surface area (Å²) in [5, 5.41) is 3.29. The number of hydrogen-bond acceptors (Lipinski definition) is 4. The Morgan fingerprint density at radius 2 is 1.77 bits per heavy atom. The molecule has 2 heterocycles. The second-order valence-electron chi connectivity index (χ2n) is 8.31. The van der Waals surface area contributed by atoms with Crippen molar-refractivity contribution in [3.05, 3.63) is 89.0 Å². The third kappa shape index (κ3) is 5.67. The zero-order valence-corrected chi connectivity index (χ0v) is 18.7. The van der Waals surface area contributed by atoms with E-state index in [2.05, 4.69) is 15.3 Å². The van der Waals surface area contributed by atoms with Gasteiger partial charge in [-0.2, -0.15) is 0 Å². The fourth-order valence-corrected chi connectivity index (χ4v) is 3.32. The molecular weight excluding hydrogens is 412 g/mol. The van der Waals surface area contributed by atoms with Gasteiger partial charge in [-0.3, -0.25) is 19.5 Å². The van der Waals surface area contributed by atoms with Gasteiger partial charge in [-0.25, -0.2) is 4.98 Å². The van der Waals surface area contributed by atoms with Crippen LogP contribution in [0.4, 0.5) is 5.69 Å². The number of aromatic nitrogens is 2. The van der Waals surface area contributed by atoms with Gasteiger partial charge in [0.05, 0.1) is 5.56 Å². The van der Waals surface area contributed by atoms with Crippen LogP contribution in [0.2, 0.25) is 5.15 Å².